The van der Waals surface area contributed by atoms with Gasteiger partial charge < -0.3 is 19.7 Å². The number of hydrogen-bond donors (Lipinski definition) is 2. The zero-order valence-electron chi connectivity index (χ0n) is 17.7. The highest BCUT2D eigenvalue weighted by molar-refractivity contribution is 6.05. The van der Waals surface area contributed by atoms with Gasteiger partial charge in [-0.15, -0.1) is 0 Å². The average Bonchev–Trinajstić information content (AvgIpc) is 3.09. The molecule has 1 atom stereocenters. The Kier molecular flexibility index (Phi) is 6.21. The fraction of sp³-hybridized carbons (Fsp3) is 0.400. The number of H-pyrrole nitrogens is 1. The first-order valence-electron chi connectivity index (χ1n) is 10.8. The van der Waals surface area contributed by atoms with E-state index in [4.69, 9.17) is 4.74 Å². The Hall–Kier alpha value is -2.63. The van der Waals surface area contributed by atoms with Gasteiger partial charge in [0.15, 0.2) is 0 Å². The molecular formula is C25H30N2O3. The molecule has 1 fully saturated rings. The van der Waals surface area contributed by atoms with Crippen molar-refractivity contribution in [1.82, 2.24) is 9.88 Å². The van der Waals surface area contributed by atoms with Crippen molar-refractivity contribution in [3.05, 3.63) is 70.9 Å². The topological polar surface area (TPSA) is 65.6 Å². The van der Waals surface area contributed by atoms with Crippen LogP contribution in [0.4, 0.5) is 0 Å². The Labute approximate surface area is 177 Å². The molecule has 1 aromatic heterocycles. The van der Waals surface area contributed by atoms with E-state index in [1.807, 2.05) is 44.2 Å². The lowest BCUT2D eigenvalue weighted by atomic mass is 10.0. The van der Waals surface area contributed by atoms with Crippen LogP contribution in [0.1, 0.15) is 53.0 Å². The van der Waals surface area contributed by atoms with E-state index in [2.05, 4.69) is 28.1 Å². The third kappa shape index (κ3) is 4.58. The number of rotatable bonds is 6. The molecule has 1 aliphatic rings. The van der Waals surface area contributed by atoms with Crippen LogP contribution in [-0.2, 0) is 11.2 Å². The van der Waals surface area contributed by atoms with Gasteiger partial charge in [-0.1, -0.05) is 36.4 Å². The molecule has 5 heteroatoms. The van der Waals surface area contributed by atoms with Crippen LogP contribution in [0, 0.1) is 6.92 Å². The van der Waals surface area contributed by atoms with E-state index in [0.717, 1.165) is 61.1 Å². The number of aromatic nitrogens is 1. The van der Waals surface area contributed by atoms with Crippen molar-refractivity contribution in [2.24, 2.45) is 0 Å². The molecule has 3 aromatic rings. The van der Waals surface area contributed by atoms with Gasteiger partial charge in [-0.2, -0.15) is 0 Å². The number of fused-ring (bicyclic) bond motifs is 1. The first-order chi connectivity index (χ1) is 14.5. The minimum absolute atomic E-state index is 0.146. The van der Waals surface area contributed by atoms with Crippen LogP contribution in [0.3, 0.4) is 0 Å². The Morgan fingerprint density at radius 3 is 2.67 bits per heavy atom. The first-order valence-corrected chi connectivity index (χ1v) is 10.8. The quantitative estimate of drug-likeness (QED) is 0.596. The zero-order chi connectivity index (χ0) is 21.1. The molecule has 158 valence electrons. The van der Waals surface area contributed by atoms with E-state index in [9.17, 15) is 9.90 Å². The van der Waals surface area contributed by atoms with Crippen LogP contribution < -0.4 is 0 Å². The van der Waals surface area contributed by atoms with Crippen LogP contribution in [0.2, 0.25) is 0 Å². The molecule has 2 N–H and O–H groups in total. The highest BCUT2D eigenvalue weighted by Crippen LogP contribution is 2.27. The molecule has 2 heterocycles. The zero-order valence-corrected chi connectivity index (χ0v) is 17.7. The SMILES string of the molecule is Cc1[nH]c2ccc(CCN3CCC(O)CC3)cc2c1C(=O)O[C@@H](C)c1ccccc1. The van der Waals surface area contributed by atoms with Crippen molar-refractivity contribution in [3.63, 3.8) is 0 Å². The molecule has 0 radical (unpaired) electrons. The molecule has 0 saturated carbocycles. The lowest BCUT2D eigenvalue weighted by molar-refractivity contribution is 0.0339. The number of aliphatic hydroxyl groups excluding tert-OH is 1. The smallest absolute Gasteiger partial charge is 0.341 e. The lowest BCUT2D eigenvalue weighted by Gasteiger charge is -2.29. The number of nitrogens with one attached hydrogen (secondary N) is 1. The summed E-state index contributed by atoms with van der Waals surface area (Å²) in [4.78, 5) is 18.7. The first kappa shape index (κ1) is 20.6. The van der Waals surface area contributed by atoms with Crippen molar-refractivity contribution >= 4 is 16.9 Å². The molecule has 0 aliphatic carbocycles. The summed E-state index contributed by atoms with van der Waals surface area (Å²) in [6.07, 6.45) is 2.18. The summed E-state index contributed by atoms with van der Waals surface area (Å²) in [5.74, 6) is -0.294. The number of esters is 1. The lowest BCUT2D eigenvalue weighted by Crippen LogP contribution is -2.37. The molecule has 2 aromatic carbocycles. The Bertz CT molecular complexity index is 1000. The monoisotopic (exact) mass is 406 g/mol. The van der Waals surface area contributed by atoms with E-state index in [0.29, 0.717) is 5.56 Å². The van der Waals surface area contributed by atoms with Crippen LogP contribution in [0.25, 0.3) is 10.9 Å². The number of aryl methyl sites for hydroxylation is 1. The van der Waals surface area contributed by atoms with Crippen molar-refractivity contribution in [3.8, 4) is 0 Å². The van der Waals surface area contributed by atoms with Gasteiger partial charge in [-0.25, -0.2) is 4.79 Å². The molecular weight excluding hydrogens is 376 g/mol. The van der Waals surface area contributed by atoms with Gasteiger partial charge in [0.05, 0.1) is 11.7 Å². The Balaban J connectivity index is 1.49. The maximum Gasteiger partial charge on any atom is 0.341 e. The third-order valence-electron chi connectivity index (χ3n) is 6.08. The van der Waals surface area contributed by atoms with E-state index in [1.165, 1.54) is 5.56 Å². The van der Waals surface area contributed by atoms with Crippen molar-refractivity contribution < 1.29 is 14.6 Å². The normalized spacial score (nSPS) is 16.6. The van der Waals surface area contributed by atoms with Gasteiger partial charge in [0.1, 0.15) is 6.10 Å². The van der Waals surface area contributed by atoms with Crippen LogP contribution in [-0.4, -0.2) is 46.7 Å². The minimum atomic E-state index is -0.305. The number of piperidine rings is 1. The summed E-state index contributed by atoms with van der Waals surface area (Å²) in [7, 11) is 0. The number of hydrogen-bond acceptors (Lipinski definition) is 4. The van der Waals surface area contributed by atoms with Crippen molar-refractivity contribution in [1.29, 1.82) is 0 Å². The highest BCUT2D eigenvalue weighted by Gasteiger charge is 2.21. The maximum absolute atomic E-state index is 13.0. The third-order valence-corrected chi connectivity index (χ3v) is 6.08. The highest BCUT2D eigenvalue weighted by atomic mass is 16.5. The van der Waals surface area contributed by atoms with Gasteiger partial charge >= 0.3 is 5.97 Å². The molecule has 4 rings (SSSR count). The van der Waals surface area contributed by atoms with E-state index in [-0.39, 0.29) is 18.2 Å². The summed E-state index contributed by atoms with van der Waals surface area (Å²) in [6.45, 7) is 6.68. The maximum atomic E-state index is 13.0. The van der Waals surface area contributed by atoms with Crippen molar-refractivity contribution in [2.75, 3.05) is 19.6 Å². The molecule has 1 aliphatic heterocycles. The Morgan fingerprint density at radius 2 is 1.93 bits per heavy atom. The second kappa shape index (κ2) is 9.02. The van der Waals surface area contributed by atoms with Gasteiger partial charge in [0, 0.05) is 36.2 Å². The summed E-state index contributed by atoms with van der Waals surface area (Å²) in [5.41, 5.74) is 4.60. The molecule has 0 bridgehead atoms. The van der Waals surface area contributed by atoms with Crippen LogP contribution in [0.5, 0.6) is 0 Å². The predicted octanol–water partition coefficient (Wildman–Crippen LogP) is 4.39. The molecule has 0 amide bonds. The Morgan fingerprint density at radius 1 is 1.20 bits per heavy atom. The number of nitrogens with zero attached hydrogens (tertiary/aromatic N) is 1. The summed E-state index contributed by atoms with van der Waals surface area (Å²) >= 11 is 0. The number of carbonyl (C=O) groups is 1. The molecule has 0 spiro atoms. The summed E-state index contributed by atoms with van der Waals surface area (Å²) < 4.78 is 5.78. The van der Waals surface area contributed by atoms with Gasteiger partial charge in [-0.3, -0.25) is 0 Å². The molecule has 30 heavy (non-hydrogen) atoms. The fourth-order valence-corrected chi connectivity index (χ4v) is 4.23. The molecule has 5 nitrogen and oxygen atoms in total. The van der Waals surface area contributed by atoms with Crippen LogP contribution in [0.15, 0.2) is 48.5 Å². The fourth-order valence-electron chi connectivity index (χ4n) is 4.23. The number of aliphatic hydroxyl groups is 1. The number of aromatic amines is 1. The van der Waals surface area contributed by atoms with Gasteiger partial charge in [0.2, 0.25) is 0 Å². The largest absolute Gasteiger partial charge is 0.454 e. The predicted molar refractivity (Wildman–Crippen MR) is 119 cm³/mol. The van der Waals surface area contributed by atoms with Gasteiger partial charge in [0.25, 0.3) is 0 Å². The second-order valence-electron chi connectivity index (χ2n) is 8.29. The molecule has 1 saturated heterocycles. The minimum Gasteiger partial charge on any atom is -0.454 e. The van der Waals surface area contributed by atoms with Crippen LogP contribution >= 0.6 is 0 Å². The molecule has 0 unspecified atom stereocenters. The number of ether oxygens (including phenoxy) is 1. The van der Waals surface area contributed by atoms with E-state index < -0.39 is 0 Å². The van der Waals surface area contributed by atoms with E-state index >= 15 is 0 Å². The number of benzene rings is 2. The summed E-state index contributed by atoms with van der Waals surface area (Å²) in [6, 6.07) is 16.1. The van der Waals surface area contributed by atoms with Crippen molar-refractivity contribution in [2.45, 2.75) is 45.3 Å². The summed E-state index contributed by atoms with van der Waals surface area (Å²) in [5, 5.41) is 10.6. The number of carbonyl (C=O) groups excluding carboxylic acids is 1. The average molecular weight is 407 g/mol. The second-order valence-corrected chi connectivity index (χ2v) is 8.29. The van der Waals surface area contributed by atoms with E-state index in [1.54, 1.807) is 0 Å². The number of likely N-dealkylation sites (tertiary alicyclic amines) is 1. The standard InChI is InChI=1S/C25H30N2O3/c1-17-24(25(29)30-18(2)20-6-4-3-5-7-20)22-16-19(8-9-23(22)26-17)10-13-27-14-11-21(28)12-15-27/h3-9,16,18,21,26,28H,10-15H2,1-2H3/t18-/m0/s1. The van der Waals surface area contributed by atoms with Gasteiger partial charge in [-0.05, 0) is 56.4 Å².